The summed E-state index contributed by atoms with van der Waals surface area (Å²) in [6.07, 6.45) is -46.2. The largest absolute Gasteiger partial charge is 0.394 e. The van der Waals surface area contributed by atoms with E-state index in [-0.39, 0.29) is 6.29 Å². The molecule has 0 aromatic rings. The van der Waals surface area contributed by atoms with Gasteiger partial charge in [0.25, 0.3) is 0 Å². The molecule has 4 saturated heterocycles. The van der Waals surface area contributed by atoms with E-state index in [9.17, 15) is 91.6 Å². The Kier molecular flexibility index (Phi) is 17.6. The van der Waals surface area contributed by atoms with Gasteiger partial charge < -0.3 is 130 Å². The van der Waals surface area contributed by atoms with Gasteiger partial charge in [0.2, 0.25) is 0 Å². The molecule has 328 valence electrons. The van der Waals surface area contributed by atoms with E-state index in [1.807, 2.05) is 0 Å². The number of ether oxygens (including phenoxy) is 8. The molecule has 26 heteroatoms. The van der Waals surface area contributed by atoms with E-state index in [0.717, 1.165) is 0 Å². The van der Waals surface area contributed by atoms with E-state index in [1.54, 1.807) is 0 Å². The molecule has 0 bridgehead atoms. The molecule has 0 saturated carbocycles. The standard InChI is InChI=1S/C30H52O26/c31-1-7(35)25(55-29-22(46)19(43)15(39)10(3-33)52-29)13(37)8(36)5-49-28-24(48)26(56-30-23(47)20(44)16(40)11(4-34)53-30)17(41)12(54-28)6-50-27-21(45)18(42)14(38)9(2-32)51-27/h1,7-30,32-48H,2-6H2. The zero-order valence-electron chi connectivity index (χ0n) is 29.2. The molecule has 17 N–H and O–H groups in total. The number of carbonyl (C=O) groups excluding carboxylic acids is 1. The molecular weight excluding hydrogens is 776 g/mol. The zero-order valence-corrected chi connectivity index (χ0v) is 29.2. The van der Waals surface area contributed by atoms with Gasteiger partial charge in [-0.1, -0.05) is 0 Å². The lowest BCUT2D eigenvalue weighted by Crippen LogP contribution is -2.65. The number of rotatable bonds is 17. The normalized spacial score (nSPS) is 47.2. The van der Waals surface area contributed by atoms with Crippen LogP contribution in [0.4, 0.5) is 0 Å². The molecule has 4 aliphatic rings. The van der Waals surface area contributed by atoms with Gasteiger partial charge in [-0.05, 0) is 0 Å². The molecule has 4 aliphatic heterocycles. The lowest BCUT2D eigenvalue weighted by atomic mass is 9.96. The Labute approximate surface area is 316 Å². The highest BCUT2D eigenvalue weighted by Crippen LogP contribution is 2.32. The first-order valence-corrected chi connectivity index (χ1v) is 17.4. The summed E-state index contributed by atoms with van der Waals surface area (Å²) >= 11 is 0. The second-order valence-electron chi connectivity index (χ2n) is 13.7. The summed E-state index contributed by atoms with van der Waals surface area (Å²) in [4.78, 5) is 11.5. The monoisotopic (exact) mass is 828 g/mol. The average molecular weight is 829 g/mol. The van der Waals surface area contributed by atoms with Crippen molar-refractivity contribution in [2.45, 2.75) is 147 Å². The van der Waals surface area contributed by atoms with E-state index < -0.39 is 180 Å². The molecule has 0 spiro atoms. The summed E-state index contributed by atoms with van der Waals surface area (Å²) in [7, 11) is 0. The van der Waals surface area contributed by atoms with Crippen molar-refractivity contribution < 1.29 is 130 Å². The first-order valence-electron chi connectivity index (χ1n) is 17.4. The Balaban J connectivity index is 1.51. The van der Waals surface area contributed by atoms with Gasteiger partial charge in [0.15, 0.2) is 31.4 Å². The number of hydrogen-bond donors (Lipinski definition) is 17. The maximum Gasteiger partial charge on any atom is 0.187 e. The third-order valence-electron chi connectivity index (χ3n) is 9.83. The maximum atomic E-state index is 11.5. The molecular formula is C30H52O26. The molecule has 0 amide bonds. The summed E-state index contributed by atoms with van der Waals surface area (Å²) in [5.74, 6) is 0. The van der Waals surface area contributed by atoms with Crippen LogP contribution in [0.15, 0.2) is 0 Å². The highest BCUT2D eigenvalue weighted by Gasteiger charge is 2.53. The van der Waals surface area contributed by atoms with E-state index in [4.69, 9.17) is 37.9 Å². The van der Waals surface area contributed by atoms with Crippen LogP contribution < -0.4 is 0 Å². The van der Waals surface area contributed by atoms with Gasteiger partial charge in [0, 0.05) is 0 Å². The van der Waals surface area contributed by atoms with Crippen LogP contribution >= 0.6 is 0 Å². The molecule has 4 fully saturated rings. The molecule has 4 rings (SSSR count). The van der Waals surface area contributed by atoms with Gasteiger partial charge in [-0.25, -0.2) is 0 Å². The molecule has 0 aromatic heterocycles. The van der Waals surface area contributed by atoms with Crippen molar-refractivity contribution in [1.29, 1.82) is 0 Å². The maximum absolute atomic E-state index is 11.5. The van der Waals surface area contributed by atoms with Crippen LogP contribution in [-0.4, -0.2) is 273 Å². The molecule has 0 aromatic carbocycles. The third kappa shape index (κ3) is 10.3. The summed E-state index contributed by atoms with van der Waals surface area (Å²) in [5, 5.41) is 175. The summed E-state index contributed by atoms with van der Waals surface area (Å²) in [6.45, 7) is -4.50. The van der Waals surface area contributed by atoms with Crippen molar-refractivity contribution in [2.24, 2.45) is 0 Å². The van der Waals surface area contributed by atoms with Gasteiger partial charge in [0.1, 0.15) is 122 Å². The van der Waals surface area contributed by atoms with Gasteiger partial charge in [-0.15, -0.1) is 0 Å². The molecule has 24 unspecified atom stereocenters. The quantitative estimate of drug-likeness (QED) is 0.0605. The van der Waals surface area contributed by atoms with E-state index >= 15 is 0 Å². The van der Waals surface area contributed by atoms with Crippen molar-refractivity contribution in [3.8, 4) is 0 Å². The van der Waals surface area contributed by atoms with E-state index in [2.05, 4.69) is 0 Å². The molecule has 0 aliphatic carbocycles. The van der Waals surface area contributed by atoms with Crippen molar-refractivity contribution >= 4 is 6.29 Å². The minimum Gasteiger partial charge on any atom is -0.394 e. The first-order chi connectivity index (χ1) is 26.4. The molecule has 24 atom stereocenters. The van der Waals surface area contributed by atoms with Crippen molar-refractivity contribution in [1.82, 2.24) is 0 Å². The molecule has 4 heterocycles. The van der Waals surface area contributed by atoms with Crippen LogP contribution in [-0.2, 0) is 42.7 Å². The Morgan fingerprint density at radius 3 is 1.43 bits per heavy atom. The summed E-state index contributed by atoms with van der Waals surface area (Å²) in [5.41, 5.74) is 0. The Morgan fingerprint density at radius 2 is 0.929 bits per heavy atom. The molecule has 56 heavy (non-hydrogen) atoms. The fraction of sp³-hybridized carbons (Fsp3) is 0.967. The second-order valence-corrected chi connectivity index (χ2v) is 13.7. The predicted octanol–water partition coefficient (Wildman–Crippen LogP) is -12.1. The lowest BCUT2D eigenvalue weighted by molar-refractivity contribution is -0.368. The van der Waals surface area contributed by atoms with Crippen molar-refractivity contribution in [3.63, 3.8) is 0 Å². The first kappa shape index (κ1) is 47.3. The fourth-order valence-electron chi connectivity index (χ4n) is 6.35. The Morgan fingerprint density at radius 1 is 0.500 bits per heavy atom. The van der Waals surface area contributed by atoms with Crippen LogP contribution in [0, 0.1) is 0 Å². The fourth-order valence-corrected chi connectivity index (χ4v) is 6.35. The summed E-state index contributed by atoms with van der Waals surface area (Å²) in [6, 6.07) is 0. The van der Waals surface area contributed by atoms with Crippen LogP contribution in [0.25, 0.3) is 0 Å². The number of aliphatic hydroxyl groups is 17. The predicted molar refractivity (Wildman–Crippen MR) is 168 cm³/mol. The van der Waals surface area contributed by atoms with Crippen LogP contribution in [0.5, 0.6) is 0 Å². The Hall–Kier alpha value is -1.33. The topological polar surface area (TPSA) is 435 Å². The minimum atomic E-state index is -2.32. The molecule has 0 radical (unpaired) electrons. The van der Waals surface area contributed by atoms with Gasteiger partial charge in [-0.2, -0.15) is 0 Å². The van der Waals surface area contributed by atoms with Crippen molar-refractivity contribution in [2.75, 3.05) is 33.0 Å². The van der Waals surface area contributed by atoms with E-state index in [1.165, 1.54) is 0 Å². The lowest BCUT2D eigenvalue weighted by Gasteiger charge is -2.46. The Bertz CT molecular complexity index is 1180. The van der Waals surface area contributed by atoms with Crippen LogP contribution in [0.2, 0.25) is 0 Å². The van der Waals surface area contributed by atoms with Crippen LogP contribution in [0.1, 0.15) is 0 Å². The van der Waals surface area contributed by atoms with Crippen molar-refractivity contribution in [3.05, 3.63) is 0 Å². The highest BCUT2D eigenvalue weighted by molar-refractivity contribution is 5.56. The highest BCUT2D eigenvalue weighted by atomic mass is 16.8. The number of aliphatic hydroxyl groups excluding tert-OH is 17. The van der Waals surface area contributed by atoms with Gasteiger partial charge in [0.05, 0.1) is 33.0 Å². The molecule has 26 nitrogen and oxygen atoms in total. The third-order valence-corrected chi connectivity index (χ3v) is 9.83. The van der Waals surface area contributed by atoms with Gasteiger partial charge >= 0.3 is 0 Å². The van der Waals surface area contributed by atoms with E-state index in [0.29, 0.717) is 0 Å². The number of carbonyl (C=O) groups is 1. The SMILES string of the molecule is O=CC(O)C(OC1OC(CO)C(O)C(O)C1O)C(O)C(O)COC1OC(COC2OC(CO)C(O)C(O)C2O)C(O)C(OC2OC(CO)C(O)C(O)C2O)C1O. The second kappa shape index (κ2) is 20.8. The number of hydrogen-bond acceptors (Lipinski definition) is 26. The summed E-state index contributed by atoms with van der Waals surface area (Å²) < 4.78 is 43.0. The average Bonchev–Trinajstić information content (AvgIpc) is 3.19. The smallest absolute Gasteiger partial charge is 0.187 e. The number of aldehydes is 1. The minimum absolute atomic E-state index is 0.137. The van der Waals surface area contributed by atoms with Crippen LogP contribution in [0.3, 0.4) is 0 Å². The zero-order chi connectivity index (χ0) is 41.8. The van der Waals surface area contributed by atoms with Gasteiger partial charge in [-0.3, -0.25) is 0 Å².